The van der Waals surface area contributed by atoms with Crippen LogP contribution in [-0.4, -0.2) is 12.1 Å². The third kappa shape index (κ3) is 3.64. The van der Waals surface area contributed by atoms with E-state index in [0.717, 1.165) is 24.1 Å². The van der Waals surface area contributed by atoms with E-state index in [1.54, 1.807) is 0 Å². The van der Waals surface area contributed by atoms with Crippen molar-refractivity contribution in [1.29, 1.82) is 0 Å². The molecule has 0 aliphatic heterocycles. The Bertz CT molecular complexity index is 436. The van der Waals surface area contributed by atoms with Crippen LogP contribution in [0, 0.1) is 12.8 Å². The van der Waals surface area contributed by atoms with Crippen molar-refractivity contribution >= 4 is 0 Å². The van der Waals surface area contributed by atoms with Gasteiger partial charge in [0.05, 0.1) is 19.3 Å². The smallest absolute Gasteiger partial charge is 0.118 e. The molecule has 112 valence electrons. The highest BCUT2D eigenvalue weighted by molar-refractivity contribution is 5.20. The van der Waals surface area contributed by atoms with Gasteiger partial charge in [-0.15, -0.1) is 0 Å². The minimum absolute atomic E-state index is 0.436. The van der Waals surface area contributed by atoms with E-state index in [-0.39, 0.29) is 0 Å². The fourth-order valence-electron chi connectivity index (χ4n) is 3.08. The quantitative estimate of drug-likeness (QED) is 0.855. The van der Waals surface area contributed by atoms with Crippen LogP contribution in [0.3, 0.4) is 0 Å². The second-order valence-electron chi connectivity index (χ2n) is 6.56. The van der Waals surface area contributed by atoms with Crippen molar-refractivity contribution in [2.45, 2.75) is 77.7 Å². The second kappa shape index (κ2) is 6.31. The highest BCUT2D eigenvalue weighted by Gasteiger charge is 2.23. The Hall–Kier alpha value is -0.800. The van der Waals surface area contributed by atoms with Crippen LogP contribution in [-0.2, 0) is 17.9 Å². The molecule has 2 aliphatic rings. The first-order valence-electron chi connectivity index (χ1n) is 8.15. The molecule has 0 amide bonds. The Labute approximate surface area is 122 Å². The number of furan rings is 1. The summed E-state index contributed by atoms with van der Waals surface area (Å²) in [5.41, 5.74) is 1.22. The van der Waals surface area contributed by atoms with Gasteiger partial charge in [0.25, 0.3) is 0 Å². The summed E-state index contributed by atoms with van der Waals surface area (Å²) in [5, 5.41) is 3.49. The Morgan fingerprint density at radius 2 is 2.05 bits per heavy atom. The van der Waals surface area contributed by atoms with Crippen LogP contribution in [0.25, 0.3) is 0 Å². The minimum atomic E-state index is 0.436. The number of hydrogen-bond donors (Lipinski definition) is 1. The van der Waals surface area contributed by atoms with Gasteiger partial charge < -0.3 is 14.5 Å². The summed E-state index contributed by atoms with van der Waals surface area (Å²) in [6, 6.07) is 2.89. The van der Waals surface area contributed by atoms with E-state index in [0.29, 0.717) is 18.6 Å². The third-order valence-electron chi connectivity index (χ3n) is 4.70. The lowest BCUT2D eigenvalue weighted by molar-refractivity contribution is -0.0158. The standard InChI is InChI=1S/C17H27NO2/c1-12-5-3-4-6-17(12)19-11-14-9-16(20-13(14)2)10-18-15-7-8-15/h9,12,15,17-18H,3-8,10-11H2,1-2H3. The molecule has 0 radical (unpaired) electrons. The Balaban J connectivity index is 1.50. The molecule has 2 saturated carbocycles. The third-order valence-corrected chi connectivity index (χ3v) is 4.70. The highest BCUT2D eigenvalue weighted by Crippen LogP contribution is 2.28. The maximum absolute atomic E-state index is 6.13. The van der Waals surface area contributed by atoms with Gasteiger partial charge in [0.1, 0.15) is 11.5 Å². The van der Waals surface area contributed by atoms with Gasteiger partial charge in [-0.2, -0.15) is 0 Å². The monoisotopic (exact) mass is 277 g/mol. The molecule has 1 heterocycles. The van der Waals surface area contributed by atoms with Crippen LogP contribution in [0.4, 0.5) is 0 Å². The van der Waals surface area contributed by atoms with Gasteiger partial charge in [-0.05, 0) is 44.6 Å². The molecule has 2 unspecified atom stereocenters. The molecule has 1 N–H and O–H groups in total. The van der Waals surface area contributed by atoms with E-state index in [1.807, 2.05) is 6.92 Å². The lowest BCUT2D eigenvalue weighted by Crippen LogP contribution is -2.25. The largest absolute Gasteiger partial charge is 0.465 e. The maximum atomic E-state index is 6.13. The zero-order chi connectivity index (χ0) is 13.9. The van der Waals surface area contributed by atoms with Crippen LogP contribution < -0.4 is 5.32 Å². The van der Waals surface area contributed by atoms with Crippen molar-refractivity contribution in [2.75, 3.05) is 0 Å². The summed E-state index contributed by atoms with van der Waals surface area (Å²) < 4.78 is 12.0. The Kier molecular flexibility index (Phi) is 4.47. The van der Waals surface area contributed by atoms with Gasteiger partial charge in [-0.25, -0.2) is 0 Å². The van der Waals surface area contributed by atoms with Crippen molar-refractivity contribution in [3.63, 3.8) is 0 Å². The molecule has 1 aromatic rings. The molecule has 3 heteroatoms. The summed E-state index contributed by atoms with van der Waals surface area (Å²) in [5.74, 6) is 2.76. The lowest BCUT2D eigenvalue weighted by atomic mass is 9.88. The average Bonchev–Trinajstić information content (AvgIpc) is 3.20. The van der Waals surface area contributed by atoms with E-state index in [2.05, 4.69) is 18.3 Å². The van der Waals surface area contributed by atoms with E-state index in [1.165, 1.54) is 44.1 Å². The second-order valence-corrected chi connectivity index (χ2v) is 6.56. The zero-order valence-corrected chi connectivity index (χ0v) is 12.8. The molecule has 2 fully saturated rings. The first-order valence-corrected chi connectivity index (χ1v) is 8.15. The van der Waals surface area contributed by atoms with E-state index in [4.69, 9.17) is 9.15 Å². The van der Waals surface area contributed by atoms with E-state index >= 15 is 0 Å². The fourth-order valence-corrected chi connectivity index (χ4v) is 3.08. The van der Waals surface area contributed by atoms with Gasteiger partial charge in [0.15, 0.2) is 0 Å². The molecule has 1 aromatic heterocycles. The molecular weight excluding hydrogens is 250 g/mol. The molecule has 0 saturated heterocycles. The van der Waals surface area contributed by atoms with Gasteiger partial charge in [-0.1, -0.05) is 19.8 Å². The fraction of sp³-hybridized carbons (Fsp3) is 0.765. The van der Waals surface area contributed by atoms with Crippen LogP contribution in [0.1, 0.15) is 62.5 Å². The molecule has 0 spiro atoms. The summed E-state index contributed by atoms with van der Waals surface area (Å²) in [7, 11) is 0. The average molecular weight is 277 g/mol. The van der Waals surface area contributed by atoms with Crippen LogP contribution in [0.15, 0.2) is 10.5 Å². The summed E-state index contributed by atoms with van der Waals surface area (Å²) in [6.45, 7) is 5.92. The summed E-state index contributed by atoms with van der Waals surface area (Å²) in [6.07, 6.45) is 8.27. The Morgan fingerprint density at radius 3 is 2.80 bits per heavy atom. The maximum Gasteiger partial charge on any atom is 0.118 e. The topological polar surface area (TPSA) is 34.4 Å². The molecule has 3 nitrogen and oxygen atoms in total. The van der Waals surface area contributed by atoms with Crippen LogP contribution in [0.5, 0.6) is 0 Å². The number of ether oxygens (including phenoxy) is 1. The molecule has 0 bridgehead atoms. The van der Waals surface area contributed by atoms with Crippen molar-refractivity contribution in [3.8, 4) is 0 Å². The lowest BCUT2D eigenvalue weighted by Gasteiger charge is -2.28. The number of nitrogens with one attached hydrogen (secondary N) is 1. The molecule has 2 atom stereocenters. The molecule has 0 aromatic carbocycles. The first kappa shape index (κ1) is 14.2. The van der Waals surface area contributed by atoms with Crippen molar-refractivity contribution < 1.29 is 9.15 Å². The minimum Gasteiger partial charge on any atom is -0.465 e. The predicted molar refractivity (Wildman–Crippen MR) is 79.5 cm³/mol. The number of aryl methyl sites for hydroxylation is 1. The van der Waals surface area contributed by atoms with Gasteiger partial charge in [0.2, 0.25) is 0 Å². The van der Waals surface area contributed by atoms with E-state index < -0.39 is 0 Å². The van der Waals surface area contributed by atoms with Gasteiger partial charge >= 0.3 is 0 Å². The van der Waals surface area contributed by atoms with E-state index in [9.17, 15) is 0 Å². The molecule has 2 aliphatic carbocycles. The molecule has 20 heavy (non-hydrogen) atoms. The van der Waals surface area contributed by atoms with Crippen LogP contribution >= 0.6 is 0 Å². The molecule has 3 rings (SSSR count). The SMILES string of the molecule is Cc1oc(CNC2CC2)cc1COC1CCCCC1C. The molecular formula is C17H27NO2. The van der Waals surface area contributed by atoms with Crippen molar-refractivity contribution in [1.82, 2.24) is 5.32 Å². The first-order chi connectivity index (χ1) is 9.72. The zero-order valence-electron chi connectivity index (χ0n) is 12.8. The summed E-state index contributed by atoms with van der Waals surface area (Å²) in [4.78, 5) is 0. The van der Waals surface area contributed by atoms with Crippen molar-refractivity contribution in [2.24, 2.45) is 5.92 Å². The van der Waals surface area contributed by atoms with Crippen molar-refractivity contribution in [3.05, 3.63) is 23.2 Å². The Morgan fingerprint density at radius 1 is 1.25 bits per heavy atom. The number of rotatable bonds is 6. The summed E-state index contributed by atoms with van der Waals surface area (Å²) >= 11 is 0. The predicted octanol–water partition coefficient (Wildman–Crippen LogP) is 3.94. The van der Waals surface area contributed by atoms with Gasteiger partial charge in [-0.3, -0.25) is 0 Å². The number of hydrogen-bond acceptors (Lipinski definition) is 3. The van der Waals surface area contributed by atoms with Gasteiger partial charge in [0, 0.05) is 11.6 Å². The normalized spacial score (nSPS) is 26.9. The highest BCUT2D eigenvalue weighted by atomic mass is 16.5. The van der Waals surface area contributed by atoms with Crippen LogP contribution in [0.2, 0.25) is 0 Å².